The predicted molar refractivity (Wildman–Crippen MR) is 97.6 cm³/mol. The summed E-state index contributed by atoms with van der Waals surface area (Å²) in [6, 6.07) is 8.66. The lowest BCUT2D eigenvalue weighted by atomic mass is 10.1. The Morgan fingerprint density at radius 3 is 2.71 bits per heavy atom. The molecule has 1 atom stereocenters. The molecule has 0 aliphatic rings. The second kappa shape index (κ2) is 7.79. The van der Waals surface area contributed by atoms with Gasteiger partial charge in [-0.15, -0.1) is 0 Å². The van der Waals surface area contributed by atoms with Crippen LogP contribution in [0.5, 0.6) is 5.75 Å². The third kappa shape index (κ3) is 4.45. The molecule has 0 aliphatic carbocycles. The van der Waals surface area contributed by atoms with E-state index in [-0.39, 0.29) is 11.6 Å². The molecule has 2 rings (SSSR count). The van der Waals surface area contributed by atoms with Gasteiger partial charge in [-0.1, -0.05) is 13.8 Å². The van der Waals surface area contributed by atoms with Gasteiger partial charge in [-0.2, -0.15) is 0 Å². The van der Waals surface area contributed by atoms with E-state index in [4.69, 9.17) is 15.9 Å². The van der Waals surface area contributed by atoms with E-state index in [9.17, 15) is 4.79 Å². The van der Waals surface area contributed by atoms with Gasteiger partial charge in [0, 0.05) is 42.8 Å². The third-order valence-electron chi connectivity index (χ3n) is 3.84. The molecule has 0 saturated heterocycles. The van der Waals surface area contributed by atoms with E-state index in [0.29, 0.717) is 23.8 Å². The lowest BCUT2D eigenvalue weighted by Gasteiger charge is -2.17. The van der Waals surface area contributed by atoms with Crippen LogP contribution in [0, 0.1) is 11.3 Å². The van der Waals surface area contributed by atoms with Crippen LogP contribution in [0.4, 0.5) is 11.4 Å². The average molecular weight is 328 g/mol. The van der Waals surface area contributed by atoms with Gasteiger partial charge in [0.2, 0.25) is 5.56 Å². The zero-order valence-corrected chi connectivity index (χ0v) is 14.2. The normalized spacial score (nSPS) is 12.0. The number of aryl methyl sites for hydroxylation is 1. The van der Waals surface area contributed by atoms with Crippen molar-refractivity contribution in [1.29, 1.82) is 5.41 Å². The van der Waals surface area contributed by atoms with E-state index in [1.54, 1.807) is 25.4 Å². The molecule has 24 heavy (non-hydrogen) atoms. The molecule has 0 spiro atoms. The summed E-state index contributed by atoms with van der Waals surface area (Å²) in [6.07, 6.45) is 2.97. The second-order valence-electron chi connectivity index (χ2n) is 6.10. The van der Waals surface area contributed by atoms with Crippen molar-refractivity contribution in [3.8, 4) is 5.75 Å². The van der Waals surface area contributed by atoms with Gasteiger partial charge in [0.15, 0.2) is 0 Å². The second-order valence-corrected chi connectivity index (χ2v) is 6.10. The highest BCUT2D eigenvalue weighted by Gasteiger charge is 2.09. The van der Waals surface area contributed by atoms with Crippen LogP contribution in [-0.4, -0.2) is 23.4 Å². The van der Waals surface area contributed by atoms with Crippen LogP contribution in [0.3, 0.4) is 0 Å². The van der Waals surface area contributed by atoms with Crippen LogP contribution in [0.1, 0.15) is 19.4 Å². The number of nitrogens with two attached hydrogens (primary N) is 1. The molecule has 0 fully saturated rings. The monoisotopic (exact) mass is 328 g/mol. The first kappa shape index (κ1) is 17.7. The number of ether oxygens (including phenoxy) is 1. The summed E-state index contributed by atoms with van der Waals surface area (Å²) in [4.78, 5) is 11.4. The SMILES string of the molecule is CC(C)C(N)COc1ccc(Nc2ccc(=O)n(C)c2)c(C=N)c1. The highest BCUT2D eigenvalue weighted by molar-refractivity contribution is 5.88. The molecule has 128 valence electrons. The molecule has 6 heteroatoms. The first-order valence-corrected chi connectivity index (χ1v) is 7.87. The largest absolute Gasteiger partial charge is 0.492 e. The maximum atomic E-state index is 11.4. The lowest BCUT2D eigenvalue weighted by molar-refractivity contribution is 0.259. The van der Waals surface area contributed by atoms with E-state index < -0.39 is 0 Å². The predicted octanol–water partition coefficient (Wildman–Crippen LogP) is 2.49. The van der Waals surface area contributed by atoms with E-state index in [0.717, 1.165) is 11.4 Å². The Balaban J connectivity index is 2.15. The fourth-order valence-corrected chi connectivity index (χ4v) is 2.07. The zero-order valence-electron chi connectivity index (χ0n) is 14.2. The first-order chi connectivity index (χ1) is 11.4. The van der Waals surface area contributed by atoms with Crippen molar-refractivity contribution in [3.63, 3.8) is 0 Å². The summed E-state index contributed by atoms with van der Waals surface area (Å²) in [5.41, 5.74) is 8.15. The molecule has 6 nitrogen and oxygen atoms in total. The highest BCUT2D eigenvalue weighted by atomic mass is 16.5. The summed E-state index contributed by atoms with van der Waals surface area (Å²) in [5, 5.41) is 10.8. The standard InChI is InChI=1S/C18H24N4O2/c1-12(2)16(20)11-24-15-5-6-17(13(8-15)9-19)21-14-4-7-18(23)22(3)10-14/h4-10,12,16,19,21H,11,20H2,1-3H3. The minimum Gasteiger partial charge on any atom is -0.492 e. The Morgan fingerprint density at radius 2 is 2.08 bits per heavy atom. The molecule has 1 aromatic heterocycles. The quantitative estimate of drug-likeness (QED) is 0.681. The van der Waals surface area contributed by atoms with Crippen LogP contribution < -0.4 is 21.3 Å². The highest BCUT2D eigenvalue weighted by Crippen LogP contribution is 2.24. The van der Waals surface area contributed by atoms with Gasteiger partial charge in [-0.25, -0.2) is 0 Å². The van der Waals surface area contributed by atoms with Gasteiger partial charge < -0.3 is 25.8 Å². The van der Waals surface area contributed by atoms with Crippen molar-refractivity contribution >= 4 is 17.6 Å². The van der Waals surface area contributed by atoms with Crippen LogP contribution >= 0.6 is 0 Å². The van der Waals surface area contributed by atoms with Crippen LogP contribution in [-0.2, 0) is 7.05 Å². The minimum atomic E-state index is -0.0712. The molecule has 1 aromatic carbocycles. The summed E-state index contributed by atoms with van der Waals surface area (Å²) in [6.45, 7) is 4.54. The van der Waals surface area contributed by atoms with Crippen LogP contribution in [0.25, 0.3) is 0 Å². The van der Waals surface area contributed by atoms with E-state index >= 15 is 0 Å². The average Bonchev–Trinajstić information content (AvgIpc) is 2.56. The van der Waals surface area contributed by atoms with E-state index in [1.165, 1.54) is 16.8 Å². The number of nitrogens with one attached hydrogen (secondary N) is 2. The first-order valence-electron chi connectivity index (χ1n) is 7.87. The van der Waals surface area contributed by atoms with Gasteiger partial charge >= 0.3 is 0 Å². The van der Waals surface area contributed by atoms with Gasteiger partial charge in [0.1, 0.15) is 12.4 Å². The molecule has 2 aromatic rings. The molecule has 1 heterocycles. The summed E-state index contributed by atoms with van der Waals surface area (Å²) >= 11 is 0. The van der Waals surface area contributed by atoms with Gasteiger partial charge in [-0.3, -0.25) is 4.79 Å². The fraction of sp³-hybridized carbons (Fsp3) is 0.333. The minimum absolute atomic E-state index is 0.0307. The topological polar surface area (TPSA) is 93.1 Å². The summed E-state index contributed by atoms with van der Waals surface area (Å²) in [5.74, 6) is 1.02. The number of rotatable bonds is 7. The molecule has 0 aliphatic heterocycles. The van der Waals surface area contributed by atoms with Gasteiger partial charge in [-0.05, 0) is 30.2 Å². The number of pyridine rings is 1. The number of nitrogens with zero attached hydrogens (tertiary/aromatic N) is 1. The fourth-order valence-electron chi connectivity index (χ4n) is 2.07. The molecule has 0 amide bonds. The Hall–Kier alpha value is -2.60. The van der Waals surface area contributed by atoms with Gasteiger partial charge in [0.25, 0.3) is 0 Å². The molecular formula is C18H24N4O2. The Kier molecular flexibility index (Phi) is 5.76. The Bertz CT molecular complexity index is 768. The number of hydrogen-bond donors (Lipinski definition) is 3. The zero-order chi connectivity index (χ0) is 17.7. The molecule has 0 radical (unpaired) electrons. The van der Waals surface area contributed by atoms with Crippen molar-refractivity contribution in [2.75, 3.05) is 11.9 Å². The molecule has 4 N–H and O–H groups in total. The van der Waals surface area contributed by atoms with Crippen molar-refractivity contribution < 1.29 is 4.74 Å². The number of benzene rings is 1. The number of hydrogen-bond acceptors (Lipinski definition) is 5. The molecule has 1 unspecified atom stereocenters. The lowest BCUT2D eigenvalue weighted by Crippen LogP contribution is -2.33. The van der Waals surface area contributed by atoms with Crippen LogP contribution in [0.2, 0.25) is 0 Å². The van der Waals surface area contributed by atoms with Crippen LogP contribution in [0.15, 0.2) is 41.3 Å². The van der Waals surface area contributed by atoms with Crippen molar-refractivity contribution in [2.24, 2.45) is 18.7 Å². The maximum absolute atomic E-state index is 11.4. The smallest absolute Gasteiger partial charge is 0.250 e. The van der Waals surface area contributed by atoms with Crippen molar-refractivity contribution in [2.45, 2.75) is 19.9 Å². The maximum Gasteiger partial charge on any atom is 0.250 e. The Morgan fingerprint density at radius 1 is 1.33 bits per heavy atom. The number of anilines is 2. The molecular weight excluding hydrogens is 304 g/mol. The Labute approximate surface area is 141 Å². The van der Waals surface area contributed by atoms with Crippen molar-refractivity contribution in [1.82, 2.24) is 4.57 Å². The van der Waals surface area contributed by atoms with Gasteiger partial charge in [0.05, 0.1) is 5.69 Å². The van der Waals surface area contributed by atoms with E-state index in [1.807, 2.05) is 12.1 Å². The number of aromatic nitrogens is 1. The summed E-state index contributed by atoms with van der Waals surface area (Å²) < 4.78 is 7.21. The van der Waals surface area contributed by atoms with Crippen molar-refractivity contribution in [3.05, 3.63) is 52.4 Å². The summed E-state index contributed by atoms with van der Waals surface area (Å²) in [7, 11) is 1.69. The van der Waals surface area contributed by atoms with E-state index in [2.05, 4.69) is 19.2 Å². The third-order valence-corrected chi connectivity index (χ3v) is 3.84. The molecule has 0 saturated carbocycles. The molecule has 0 bridgehead atoms.